The van der Waals surface area contributed by atoms with Gasteiger partial charge in [0.2, 0.25) is 0 Å². The van der Waals surface area contributed by atoms with E-state index in [9.17, 15) is 5.11 Å². The summed E-state index contributed by atoms with van der Waals surface area (Å²) >= 11 is 0. The molecule has 5 heteroatoms. The fraction of sp³-hybridized carbons (Fsp3) is 0.312. The van der Waals surface area contributed by atoms with Gasteiger partial charge in [0, 0.05) is 31.1 Å². The van der Waals surface area contributed by atoms with Gasteiger partial charge in [0.15, 0.2) is 0 Å². The third-order valence-corrected chi connectivity index (χ3v) is 3.28. The average molecular weight is 288 g/mol. The molecule has 112 valence electrons. The lowest BCUT2D eigenvalue weighted by molar-refractivity contribution is 0.135. The summed E-state index contributed by atoms with van der Waals surface area (Å²) in [4.78, 5) is 4.03. The van der Waals surface area contributed by atoms with E-state index in [1.165, 1.54) is 0 Å². The number of hydrogen-bond donors (Lipinski definition) is 3. The maximum atomic E-state index is 10.2. The number of nitrogens with zero attached hydrogens (tertiary/aromatic N) is 1. The number of rotatable bonds is 7. The number of methoxy groups -OCH3 is 1. The van der Waals surface area contributed by atoms with Crippen LogP contribution in [0.4, 0.5) is 0 Å². The molecule has 1 aromatic heterocycles. The third kappa shape index (κ3) is 4.26. The van der Waals surface area contributed by atoms with Crippen molar-refractivity contribution in [2.24, 2.45) is 0 Å². The molecule has 1 aromatic carbocycles. The zero-order chi connectivity index (χ0) is 15.1. The Morgan fingerprint density at radius 3 is 2.67 bits per heavy atom. The van der Waals surface area contributed by atoms with Crippen LogP contribution in [0.15, 0.2) is 42.7 Å². The lowest BCUT2D eigenvalue weighted by atomic mass is 10.1. The molecule has 3 N–H and O–H groups in total. The summed E-state index contributed by atoms with van der Waals surface area (Å²) in [7, 11) is 1.63. The van der Waals surface area contributed by atoms with Crippen molar-refractivity contribution in [2.75, 3.05) is 13.7 Å². The molecule has 0 saturated heterocycles. The molecule has 1 unspecified atom stereocenters. The average Bonchev–Trinajstić information content (AvgIpc) is 2.54. The first kappa shape index (κ1) is 15.4. The molecule has 1 heterocycles. The van der Waals surface area contributed by atoms with Gasteiger partial charge in [0.05, 0.1) is 7.11 Å². The molecule has 0 saturated carbocycles. The van der Waals surface area contributed by atoms with Gasteiger partial charge in [-0.15, -0.1) is 0 Å². The summed E-state index contributed by atoms with van der Waals surface area (Å²) in [5.74, 6) is 0.803. The number of hydrogen-bond acceptors (Lipinski definition) is 5. The minimum Gasteiger partial charge on any atom is -0.497 e. The molecule has 0 spiro atoms. The quantitative estimate of drug-likeness (QED) is 0.672. The van der Waals surface area contributed by atoms with Crippen molar-refractivity contribution in [3.05, 3.63) is 59.4 Å². The molecule has 0 radical (unpaired) electrons. The van der Waals surface area contributed by atoms with E-state index in [1.807, 2.05) is 30.3 Å². The fourth-order valence-electron chi connectivity index (χ4n) is 2.10. The number of aliphatic hydroxyl groups is 2. The Labute approximate surface area is 124 Å². The minimum atomic E-state index is -0.817. The fourth-order valence-corrected chi connectivity index (χ4v) is 2.10. The van der Waals surface area contributed by atoms with E-state index in [0.717, 1.165) is 16.9 Å². The number of nitrogens with one attached hydrogen (secondary N) is 1. The zero-order valence-corrected chi connectivity index (χ0v) is 12.0. The van der Waals surface area contributed by atoms with Crippen molar-refractivity contribution in [2.45, 2.75) is 19.2 Å². The summed E-state index contributed by atoms with van der Waals surface area (Å²) < 4.78 is 5.10. The molecule has 0 bridgehead atoms. The van der Waals surface area contributed by atoms with Gasteiger partial charge in [-0.3, -0.25) is 10.3 Å². The predicted octanol–water partition coefficient (Wildman–Crippen LogP) is 1.41. The topological polar surface area (TPSA) is 74.6 Å². The number of benzene rings is 1. The smallest absolute Gasteiger partial charge is 0.133 e. The van der Waals surface area contributed by atoms with Crippen LogP contribution in [-0.4, -0.2) is 28.9 Å². The molecule has 5 nitrogen and oxygen atoms in total. The normalized spacial score (nSPS) is 12.1. The molecule has 21 heavy (non-hydrogen) atoms. The summed E-state index contributed by atoms with van der Waals surface area (Å²) in [5.41, 5.74) is 2.63. The van der Waals surface area contributed by atoms with Crippen LogP contribution in [0.1, 0.15) is 22.9 Å². The van der Waals surface area contributed by atoms with Gasteiger partial charge in [0.1, 0.15) is 12.0 Å². The Bertz CT molecular complexity index is 558. The second kappa shape index (κ2) is 7.73. The standard InChI is InChI=1S/C16H20N2O3/c1-21-14-4-2-12(3-5-14)10-18-16(20)15-11-17-8-6-13(15)7-9-19/h2-6,8,11,16,18-20H,7,9-10H2,1H3. The summed E-state index contributed by atoms with van der Waals surface area (Å²) in [6, 6.07) is 9.45. The molecule has 0 aliphatic rings. The molecule has 2 aromatic rings. The van der Waals surface area contributed by atoms with Crippen LogP contribution in [0.3, 0.4) is 0 Å². The van der Waals surface area contributed by atoms with Crippen molar-refractivity contribution >= 4 is 0 Å². The molecule has 2 rings (SSSR count). The molecular weight excluding hydrogens is 268 g/mol. The van der Waals surface area contributed by atoms with Gasteiger partial charge in [-0.05, 0) is 35.7 Å². The van der Waals surface area contributed by atoms with E-state index in [0.29, 0.717) is 18.5 Å². The zero-order valence-electron chi connectivity index (χ0n) is 12.0. The lowest BCUT2D eigenvalue weighted by Crippen LogP contribution is -2.22. The maximum absolute atomic E-state index is 10.2. The van der Waals surface area contributed by atoms with Crippen LogP contribution in [0.5, 0.6) is 5.75 Å². The van der Waals surface area contributed by atoms with E-state index in [4.69, 9.17) is 9.84 Å². The Balaban J connectivity index is 1.99. The van der Waals surface area contributed by atoms with Gasteiger partial charge in [-0.2, -0.15) is 0 Å². The van der Waals surface area contributed by atoms with Crippen LogP contribution in [0.2, 0.25) is 0 Å². The van der Waals surface area contributed by atoms with Crippen LogP contribution < -0.4 is 10.1 Å². The van der Waals surface area contributed by atoms with E-state index in [-0.39, 0.29) is 6.61 Å². The number of aliphatic hydroxyl groups excluding tert-OH is 2. The maximum Gasteiger partial charge on any atom is 0.133 e. The van der Waals surface area contributed by atoms with Crippen LogP contribution >= 0.6 is 0 Å². The van der Waals surface area contributed by atoms with Gasteiger partial charge < -0.3 is 14.9 Å². The summed E-state index contributed by atoms with van der Waals surface area (Å²) in [6.07, 6.45) is 2.96. The molecule has 0 fully saturated rings. The highest BCUT2D eigenvalue weighted by Gasteiger charge is 2.11. The SMILES string of the molecule is COc1ccc(CNC(O)c2cnccc2CCO)cc1. The molecule has 0 aliphatic heterocycles. The molecular formula is C16H20N2O3. The van der Waals surface area contributed by atoms with Crippen LogP contribution in [0, 0.1) is 0 Å². The van der Waals surface area contributed by atoms with Crippen molar-refractivity contribution < 1.29 is 14.9 Å². The van der Waals surface area contributed by atoms with E-state index < -0.39 is 6.23 Å². The monoisotopic (exact) mass is 288 g/mol. The summed E-state index contributed by atoms with van der Waals surface area (Å²) in [5, 5.41) is 22.3. The first-order valence-electron chi connectivity index (χ1n) is 6.82. The first-order chi connectivity index (χ1) is 10.2. The Morgan fingerprint density at radius 2 is 2.00 bits per heavy atom. The predicted molar refractivity (Wildman–Crippen MR) is 79.8 cm³/mol. The van der Waals surface area contributed by atoms with Crippen LogP contribution in [0.25, 0.3) is 0 Å². The molecule has 0 amide bonds. The van der Waals surface area contributed by atoms with Gasteiger partial charge >= 0.3 is 0 Å². The Kier molecular flexibility index (Phi) is 5.68. The van der Waals surface area contributed by atoms with Gasteiger partial charge in [-0.25, -0.2) is 0 Å². The van der Waals surface area contributed by atoms with Crippen molar-refractivity contribution in [1.82, 2.24) is 10.3 Å². The van der Waals surface area contributed by atoms with Gasteiger partial charge in [-0.1, -0.05) is 12.1 Å². The van der Waals surface area contributed by atoms with Crippen molar-refractivity contribution in [3.8, 4) is 5.75 Å². The highest BCUT2D eigenvalue weighted by atomic mass is 16.5. The first-order valence-corrected chi connectivity index (χ1v) is 6.82. The number of ether oxygens (including phenoxy) is 1. The summed E-state index contributed by atoms with van der Waals surface area (Å²) in [6.45, 7) is 0.570. The Morgan fingerprint density at radius 1 is 1.24 bits per heavy atom. The number of pyridine rings is 1. The molecule has 1 atom stereocenters. The van der Waals surface area contributed by atoms with Gasteiger partial charge in [0.25, 0.3) is 0 Å². The second-order valence-corrected chi connectivity index (χ2v) is 4.68. The highest BCUT2D eigenvalue weighted by Crippen LogP contribution is 2.17. The van der Waals surface area contributed by atoms with E-state index >= 15 is 0 Å². The lowest BCUT2D eigenvalue weighted by Gasteiger charge is -2.16. The molecule has 0 aliphatic carbocycles. The van der Waals surface area contributed by atoms with E-state index in [2.05, 4.69) is 10.3 Å². The number of aromatic nitrogens is 1. The minimum absolute atomic E-state index is 0.0439. The van der Waals surface area contributed by atoms with Crippen LogP contribution in [-0.2, 0) is 13.0 Å². The Hall–Kier alpha value is -1.95. The highest BCUT2D eigenvalue weighted by molar-refractivity contribution is 5.28. The largest absolute Gasteiger partial charge is 0.497 e. The van der Waals surface area contributed by atoms with Crippen molar-refractivity contribution in [1.29, 1.82) is 0 Å². The third-order valence-electron chi connectivity index (χ3n) is 3.28. The second-order valence-electron chi connectivity index (χ2n) is 4.68. The van der Waals surface area contributed by atoms with Crippen molar-refractivity contribution in [3.63, 3.8) is 0 Å². The van der Waals surface area contributed by atoms with E-state index in [1.54, 1.807) is 19.5 Å².